The van der Waals surface area contributed by atoms with Gasteiger partial charge in [-0.3, -0.25) is 0 Å². The number of thiophene rings is 1. The zero-order valence-electron chi connectivity index (χ0n) is 9.13. The molecule has 0 radical (unpaired) electrons. The van der Waals surface area contributed by atoms with Gasteiger partial charge in [-0.25, -0.2) is 0 Å². The van der Waals surface area contributed by atoms with Crippen molar-refractivity contribution < 1.29 is 4.74 Å². The highest BCUT2D eigenvalue weighted by atomic mass is 79.9. The van der Waals surface area contributed by atoms with Gasteiger partial charge in [-0.2, -0.15) is 0 Å². The van der Waals surface area contributed by atoms with E-state index in [0.717, 1.165) is 34.8 Å². The van der Waals surface area contributed by atoms with Crippen molar-refractivity contribution in [1.29, 1.82) is 0 Å². The largest absolute Gasteiger partial charge is 0.376 e. The zero-order chi connectivity index (χ0) is 11.5. The fraction of sp³-hybridized carbons (Fsp3) is 0.636. The summed E-state index contributed by atoms with van der Waals surface area (Å²) < 4.78 is 7.55. The van der Waals surface area contributed by atoms with E-state index < -0.39 is 0 Å². The van der Waals surface area contributed by atoms with Gasteiger partial charge in [0.25, 0.3) is 0 Å². The van der Waals surface area contributed by atoms with Gasteiger partial charge in [-0.1, -0.05) is 18.5 Å². The highest BCUT2D eigenvalue weighted by molar-refractivity contribution is 9.10. The van der Waals surface area contributed by atoms with Gasteiger partial charge >= 0.3 is 0 Å². The first-order chi connectivity index (χ1) is 7.72. The lowest BCUT2D eigenvalue weighted by atomic mass is 10.1. The maximum absolute atomic E-state index is 6.08. The molecule has 0 aliphatic carbocycles. The summed E-state index contributed by atoms with van der Waals surface area (Å²) in [6.45, 7) is 3.94. The number of likely N-dealkylation sites (N-methyl/N-ethyl adjacent to an activating group) is 1. The Bertz CT molecular complexity index is 332. The quantitative estimate of drug-likeness (QED) is 0.904. The number of ether oxygens (including phenoxy) is 1. The predicted molar refractivity (Wildman–Crippen MR) is 72.4 cm³/mol. The number of hydrogen-bond donors (Lipinski definition) is 1. The first-order valence-electron chi connectivity index (χ1n) is 5.52. The Balaban J connectivity index is 2.17. The number of halogens is 2. The van der Waals surface area contributed by atoms with Crippen molar-refractivity contribution in [1.82, 2.24) is 5.32 Å². The molecule has 0 spiro atoms. The molecule has 1 aromatic heterocycles. The average molecular weight is 325 g/mol. The van der Waals surface area contributed by atoms with Crippen LogP contribution in [0.3, 0.4) is 0 Å². The van der Waals surface area contributed by atoms with E-state index >= 15 is 0 Å². The lowest BCUT2D eigenvalue weighted by Gasteiger charge is -2.22. The Hall–Kier alpha value is 0.390. The van der Waals surface area contributed by atoms with Crippen LogP contribution in [0.5, 0.6) is 0 Å². The van der Waals surface area contributed by atoms with E-state index in [1.54, 1.807) is 11.3 Å². The number of hydrogen-bond acceptors (Lipinski definition) is 3. The predicted octanol–water partition coefficient (Wildman–Crippen LogP) is 3.99. The van der Waals surface area contributed by atoms with Crippen molar-refractivity contribution in [3.63, 3.8) is 0 Å². The molecule has 1 fully saturated rings. The second-order valence-corrected chi connectivity index (χ2v) is 6.40. The van der Waals surface area contributed by atoms with Crippen molar-refractivity contribution in [3.8, 4) is 0 Å². The molecule has 2 unspecified atom stereocenters. The standard InChI is InChI=1S/C11H15BrClNOS/c1-2-14-10(8-4-3-5-15-8)9-6-7(12)11(13)16-9/h6,8,10,14H,2-5H2,1H3. The Labute approximate surface area is 113 Å². The number of rotatable bonds is 4. The van der Waals surface area contributed by atoms with Crippen molar-refractivity contribution >= 4 is 38.9 Å². The molecule has 0 saturated carbocycles. The van der Waals surface area contributed by atoms with Crippen LogP contribution in [0.2, 0.25) is 4.34 Å². The van der Waals surface area contributed by atoms with Gasteiger partial charge in [-0.15, -0.1) is 11.3 Å². The third kappa shape index (κ3) is 2.79. The summed E-state index contributed by atoms with van der Waals surface area (Å²) in [5.41, 5.74) is 0. The molecule has 2 heterocycles. The molecule has 1 saturated heterocycles. The minimum atomic E-state index is 0.279. The van der Waals surface area contributed by atoms with E-state index in [1.165, 1.54) is 4.88 Å². The van der Waals surface area contributed by atoms with Crippen molar-refractivity contribution in [2.45, 2.75) is 31.9 Å². The van der Waals surface area contributed by atoms with Crippen LogP contribution in [0.15, 0.2) is 10.5 Å². The summed E-state index contributed by atoms with van der Waals surface area (Å²) in [6.07, 6.45) is 2.58. The zero-order valence-corrected chi connectivity index (χ0v) is 12.3. The molecule has 0 aromatic carbocycles. The third-order valence-electron chi connectivity index (χ3n) is 2.73. The van der Waals surface area contributed by atoms with Crippen molar-refractivity contribution in [3.05, 3.63) is 19.8 Å². The summed E-state index contributed by atoms with van der Waals surface area (Å²) in [5.74, 6) is 0. The van der Waals surface area contributed by atoms with Crippen LogP contribution in [0.1, 0.15) is 30.7 Å². The van der Waals surface area contributed by atoms with Crippen LogP contribution < -0.4 is 5.32 Å². The molecule has 1 aromatic rings. The maximum Gasteiger partial charge on any atom is 0.107 e. The topological polar surface area (TPSA) is 21.3 Å². The summed E-state index contributed by atoms with van der Waals surface area (Å²) in [4.78, 5) is 1.26. The van der Waals surface area contributed by atoms with E-state index in [0.29, 0.717) is 6.10 Å². The molecular formula is C11H15BrClNOS. The van der Waals surface area contributed by atoms with E-state index in [9.17, 15) is 0 Å². The van der Waals surface area contributed by atoms with Crippen LogP contribution in [0, 0.1) is 0 Å². The fourth-order valence-corrected chi connectivity index (χ4v) is 3.88. The minimum absolute atomic E-state index is 0.279. The minimum Gasteiger partial charge on any atom is -0.376 e. The lowest BCUT2D eigenvalue weighted by Crippen LogP contribution is -2.30. The van der Waals surface area contributed by atoms with Gasteiger partial charge < -0.3 is 10.1 Å². The van der Waals surface area contributed by atoms with Gasteiger partial charge in [0.1, 0.15) is 4.34 Å². The lowest BCUT2D eigenvalue weighted by molar-refractivity contribution is 0.0798. The van der Waals surface area contributed by atoms with E-state index in [2.05, 4.69) is 34.2 Å². The van der Waals surface area contributed by atoms with Crippen molar-refractivity contribution in [2.75, 3.05) is 13.2 Å². The first kappa shape index (κ1) is 12.8. The fourth-order valence-electron chi connectivity index (χ4n) is 2.02. The normalized spacial score (nSPS) is 22.6. The molecule has 1 aliphatic heterocycles. The Kier molecular flexibility index (Phi) is 4.67. The van der Waals surface area contributed by atoms with Gasteiger partial charge in [-0.05, 0) is 41.4 Å². The molecule has 90 valence electrons. The average Bonchev–Trinajstić information content (AvgIpc) is 2.86. The Morgan fingerprint density at radius 2 is 2.56 bits per heavy atom. The highest BCUT2D eigenvalue weighted by Crippen LogP contribution is 2.38. The van der Waals surface area contributed by atoms with E-state index in [4.69, 9.17) is 16.3 Å². The van der Waals surface area contributed by atoms with Crippen LogP contribution in [0.4, 0.5) is 0 Å². The maximum atomic E-state index is 6.08. The van der Waals surface area contributed by atoms with Crippen LogP contribution in [0.25, 0.3) is 0 Å². The molecule has 16 heavy (non-hydrogen) atoms. The van der Waals surface area contributed by atoms with Gasteiger partial charge in [0, 0.05) is 16.0 Å². The second-order valence-electron chi connectivity index (χ2n) is 3.86. The number of nitrogens with one attached hydrogen (secondary N) is 1. The molecule has 5 heteroatoms. The summed E-state index contributed by atoms with van der Waals surface area (Å²) in [6, 6.07) is 2.38. The van der Waals surface area contributed by atoms with Crippen LogP contribution in [-0.2, 0) is 4.74 Å². The monoisotopic (exact) mass is 323 g/mol. The molecular weight excluding hydrogens is 310 g/mol. The molecule has 1 aliphatic rings. The molecule has 2 rings (SSSR count). The third-order valence-corrected chi connectivity index (χ3v) is 5.29. The SMILES string of the molecule is CCNC(c1cc(Br)c(Cl)s1)C1CCCO1. The molecule has 0 bridgehead atoms. The molecule has 0 amide bonds. The molecule has 1 N–H and O–H groups in total. The molecule has 2 atom stereocenters. The summed E-state index contributed by atoms with van der Waals surface area (Å²) >= 11 is 11.2. The second kappa shape index (κ2) is 5.83. The smallest absolute Gasteiger partial charge is 0.107 e. The van der Waals surface area contributed by atoms with E-state index in [1.807, 2.05) is 0 Å². The van der Waals surface area contributed by atoms with Crippen LogP contribution >= 0.6 is 38.9 Å². The van der Waals surface area contributed by atoms with Crippen molar-refractivity contribution in [2.24, 2.45) is 0 Å². The van der Waals surface area contributed by atoms with Gasteiger partial charge in [0.2, 0.25) is 0 Å². The summed E-state index contributed by atoms with van der Waals surface area (Å²) in [5, 5.41) is 3.49. The van der Waals surface area contributed by atoms with Gasteiger partial charge in [0.15, 0.2) is 0 Å². The van der Waals surface area contributed by atoms with Gasteiger partial charge in [0.05, 0.1) is 12.1 Å². The first-order valence-corrected chi connectivity index (χ1v) is 7.50. The van der Waals surface area contributed by atoms with E-state index in [-0.39, 0.29) is 6.04 Å². The highest BCUT2D eigenvalue weighted by Gasteiger charge is 2.28. The summed E-state index contributed by atoms with van der Waals surface area (Å²) in [7, 11) is 0. The van der Waals surface area contributed by atoms with Crippen LogP contribution in [-0.4, -0.2) is 19.3 Å². The molecule has 2 nitrogen and oxygen atoms in total. The Morgan fingerprint density at radius 3 is 3.06 bits per heavy atom. The Morgan fingerprint density at radius 1 is 1.75 bits per heavy atom.